The van der Waals surface area contributed by atoms with Crippen molar-refractivity contribution in [1.82, 2.24) is 0 Å². The Bertz CT molecular complexity index is 1920. The van der Waals surface area contributed by atoms with E-state index in [0.717, 1.165) is 120 Å². The van der Waals surface area contributed by atoms with Gasteiger partial charge in [0.05, 0.1) is 0 Å². The average molecular weight is 831 g/mol. The van der Waals surface area contributed by atoms with Gasteiger partial charge in [-0.3, -0.25) is 0 Å². The van der Waals surface area contributed by atoms with Gasteiger partial charge < -0.3 is 0 Å². The molecule has 2 saturated carbocycles. The van der Waals surface area contributed by atoms with Crippen LogP contribution in [0.5, 0.6) is 0 Å². The zero-order valence-electron chi connectivity index (χ0n) is 33.2. The minimum absolute atomic E-state index is 0.319. The number of halogens is 10. The smallest absolute Gasteiger partial charge is 0.204 e. The molecule has 0 nitrogen and oxygen atoms in total. The lowest BCUT2D eigenvalue weighted by atomic mass is 9.77. The fourth-order valence-corrected chi connectivity index (χ4v) is 8.66. The Morgan fingerprint density at radius 1 is 0.407 bits per heavy atom. The second-order valence-electron chi connectivity index (χ2n) is 16.1. The molecule has 0 N–H and O–H groups in total. The first kappa shape index (κ1) is 45.7. The van der Waals surface area contributed by atoms with Gasteiger partial charge >= 0.3 is 0 Å². The van der Waals surface area contributed by atoms with Crippen LogP contribution in [-0.4, -0.2) is 0 Å². The van der Waals surface area contributed by atoms with Crippen LogP contribution in [0.4, 0.5) is 43.9 Å². The Labute approximate surface area is 341 Å². The lowest BCUT2D eigenvalue weighted by Gasteiger charge is -2.29. The average Bonchev–Trinajstić information content (AvgIpc) is 3.23. The predicted molar refractivity (Wildman–Crippen MR) is 215 cm³/mol. The van der Waals surface area contributed by atoms with E-state index in [9.17, 15) is 43.9 Å². The highest BCUT2D eigenvalue weighted by Gasteiger charge is 2.24. The molecule has 0 atom stereocenters. The number of rotatable bonds is 15. The number of benzene rings is 4. The van der Waals surface area contributed by atoms with Crippen LogP contribution in [0.15, 0.2) is 97.1 Å². The monoisotopic (exact) mass is 830 g/mol. The van der Waals surface area contributed by atoms with E-state index in [0.29, 0.717) is 58.8 Å². The van der Waals surface area contributed by atoms with Gasteiger partial charge in [0, 0.05) is 0 Å². The SMILES string of the molecule is FC(F)=CCCCCC[C@H]1CC[C@H](c2ccc(-c3cc(F)c(F)c(F)c3)cc2)CC1.FC(F)=CCCCC[C@H]1CC[C@H](c2ccc(-c3cc(F)c(F)c(F)c3)cc2)CC1. The van der Waals surface area contributed by atoms with Gasteiger partial charge in [-0.25, -0.2) is 26.3 Å². The molecule has 318 valence electrons. The molecule has 0 aromatic heterocycles. The fraction of sp³-hybridized carbons (Fsp3) is 0.429. The van der Waals surface area contributed by atoms with Crippen LogP contribution in [0.25, 0.3) is 22.3 Å². The zero-order chi connectivity index (χ0) is 42.3. The fourth-order valence-electron chi connectivity index (χ4n) is 8.66. The van der Waals surface area contributed by atoms with E-state index >= 15 is 0 Å². The predicted octanol–water partition coefficient (Wildman–Crippen LogP) is 17.2. The third-order valence-electron chi connectivity index (χ3n) is 12.1. The van der Waals surface area contributed by atoms with Gasteiger partial charge in [0.1, 0.15) is 0 Å². The summed E-state index contributed by atoms with van der Waals surface area (Å²) in [5.41, 5.74) is 4.39. The molecule has 4 aromatic carbocycles. The van der Waals surface area contributed by atoms with Crippen LogP contribution in [0.3, 0.4) is 0 Å². The number of hydrogen-bond donors (Lipinski definition) is 0. The maximum Gasteiger partial charge on any atom is 0.266 e. The van der Waals surface area contributed by atoms with Crippen LogP contribution >= 0.6 is 0 Å². The molecule has 0 aliphatic heterocycles. The van der Waals surface area contributed by atoms with Crippen molar-refractivity contribution in [1.29, 1.82) is 0 Å². The Hall–Kier alpha value is -4.34. The summed E-state index contributed by atoms with van der Waals surface area (Å²) in [5, 5.41) is 0. The maximum absolute atomic E-state index is 13.5. The normalized spacial score (nSPS) is 19.1. The van der Waals surface area contributed by atoms with Crippen LogP contribution in [-0.2, 0) is 0 Å². The molecule has 4 aromatic rings. The summed E-state index contributed by atoms with van der Waals surface area (Å²) in [4.78, 5) is 0. The standard InChI is InChI=1S/C25H27F5.C24H25F5/c26-22-15-21(16-23(27)25(22)30)20-13-11-19(12-14-20)18-9-7-17(8-10-18)5-3-1-2-4-6-24(28)29;25-21-14-20(15-22(26)24(21)29)19-12-10-18(11-13-19)17-8-6-16(7-9-17)4-2-1-3-5-23(27)28/h6,11-18H,1-5,7-10H2;5,10-17H,1-4,6-9H2/t17-,18-;16-,17-. The van der Waals surface area contributed by atoms with Gasteiger partial charge in [-0.1, -0.05) is 80.6 Å². The summed E-state index contributed by atoms with van der Waals surface area (Å²) in [6.45, 7) is 0. The lowest BCUT2D eigenvalue weighted by Crippen LogP contribution is -2.13. The molecule has 2 aliphatic carbocycles. The molecule has 0 heterocycles. The second kappa shape index (κ2) is 22.9. The maximum atomic E-state index is 13.5. The van der Waals surface area contributed by atoms with E-state index in [2.05, 4.69) is 0 Å². The van der Waals surface area contributed by atoms with Gasteiger partial charge in [-0.2, -0.15) is 17.6 Å². The third-order valence-corrected chi connectivity index (χ3v) is 12.1. The van der Waals surface area contributed by atoms with E-state index in [4.69, 9.17) is 0 Å². The van der Waals surface area contributed by atoms with E-state index in [-0.39, 0.29) is 0 Å². The Balaban J connectivity index is 0.000000224. The van der Waals surface area contributed by atoms with Gasteiger partial charge in [-0.05, 0) is 171 Å². The first-order chi connectivity index (χ1) is 28.4. The van der Waals surface area contributed by atoms with Crippen molar-refractivity contribution in [3.05, 3.63) is 143 Å². The van der Waals surface area contributed by atoms with Crippen molar-refractivity contribution in [3.8, 4) is 22.3 Å². The molecule has 0 radical (unpaired) electrons. The lowest BCUT2D eigenvalue weighted by molar-refractivity contribution is 0.302. The molecule has 0 spiro atoms. The van der Waals surface area contributed by atoms with Crippen LogP contribution in [0.2, 0.25) is 0 Å². The number of hydrogen-bond acceptors (Lipinski definition) is 0. The molecule has 10 heteroatoms. The van der Waals surface area contributed by atoms with Gasteiger partial charge in [0.15, 0.2) is 34.9 Å². The molecular weight excluding hydrogens is 779 g/mol. The van der Waals surface area contributed by atoms with Crippen molar-refractivity contribution in [3.63, 3.8) is 0 Å². The first-order valence-corrected chi connectivity index (χ1v) is 20.9. The first-order valence-electron chi connectivity index (χ1n) is 20.9. The van der Waals surface area contributed by atoms with E-state index in [1.54, 1.807) is 0 Å². The highest BCUT2D eigenvalue weighted by molar-refractivity contribution is 5.65. The molecular formula is C49H52F10. The molecule has 0 unspecified atom stereocenters. The Kier molecular flexibility index (Phi) is 17.7. The molecule has 6 rings (SSSR count). The third kappa shape index (κ3) is 14.1. The molecule has 59 heavy (non-hydrogen) atoms. The molecule has 0 bridgehead atoms. The highest BCUT2D eigenvalue weighted by atomic mass is 19.3. The molecule has 0 saturated heterocycles. The Morgan fingerprint density at radius 3 is 1.07 bits per heavy atom. The minimum atomic E-state index is -1.59. The Morgan fingerprint density at radius 2 is 0.729 bits per heavy atom. The second-order valence-corrected chi connectivity index (χ2v) is 16.1. The summed E-state index contributed by atoms with van der Waals surface area (Å²) < 4.78 is 128. The van der Waals surface area contributed by atoms with Crippen molar-refractivity contribution < 1.29 is 43.9 Å². The van der Waals surface area contributed by atoms with Crippen molar-refractivity contribution in [2.75, 3.05) is 0 Å². The number of unbranched alkanes of at least 4 members (excludes halogenated alkanes) is 5. The summed E-state index contributed by atoms with van der Waals surface area (Å²) in [5.74, 6) is -5.32. The zero-order valence-corrected chi connectivity index (χ0v) is 33.2. The van der Waals surface area contributed by atoms with Crippen molar-refractivity contribution in [2.45, 2.75) is 121 Å². The van der Waals surface area contributed by atoms with Gasteiger partial charge in [-0.15, -0.1) is 0 Å². The minimum Gasteiger partial charge on any atom is -0.204 e. The number of allylic oxidation sites excluding steroid dienone is 2. The van der Waals surface area contributed by atoms with Crippen LogP contribution < -0.4 is 0 Å². The summed E-state index contributed by atoms with van der Waals surface area (Å²) in [6.07, 6.45) is 15.7. The van der Waals surface area contributed by atoms with Gasteiger partial charge in [0.25, 0.3) is 12.2 Å². The van der Waals surface area contributed by atoms with E-state index in [1.807, 2.05) is 48.5 Å². The molecule has 0 amide bonds. The van der Waals surface area contributed by atoms with E-state index in [1.165, 1.54) is 24.0 Å². The van der Waals surface area contributed by atoms with Crippen molar-refractivity contribution in [2.24, 2.45) is 11.8 Å². The summed E-state index contributed by atoms with van der Waals surface area (Å²) in [7, 11) is 0. The highest BCUT2D eigenvalue weighted by Crippen LogP contribution is 2.40. The van der Waals surface area contributed by atoms with Crippen molar-refractivity contribution >= 4 is 0 Å². The summed E-state index contributed by atoms with van der Waals surface area (Å²) in [6, 6.07) is 19.3. The largest absolute Gasteiger partial charge is 0.266 e. The van der Waals surface area contributed by atoms with Crippen LogP contribution in [0, 0.1) is 46.7 Å². The topological polar surface area (TPSA) is 0 Å². The molecule has 2 fully saturated rings. The van der Waals surface area contributed by atoms with E-state index < -0.39 is 47.1 Å². The summed E-state index contributed by atoms with van der Waals surface area (Å²) >= 11 is 0. The van der Waals surface area contributed by atoms with Gasteiger partial charge in [0.2, 0.25) is 0 Å². The quantitative estimate of drug-likeness (QED) is 0.0636. The molecule has 2 aliphatic rings. The van der Waals surface area contributed by atoms with Crippen LogP contribution in [0.1, 0.15) is 132 Å².